The van der Waals surface area contributed by atoms with Gasteiger partial charge in [0.1, 0.15) is 0 Å². The summed E-state index contributed by atoms with van der Waals surface area (Å²) in [6.45, 7) is 8.50. The van der Waals surface area contributed by atoms with E-state index in [1.165, 1.54) is 6.92 Å². The van der Waals surface area contributed by atoms with Crippen LogP contribution in [0.2, 0.25) is 0 Å². The van der Waals surface area contributed by atoms with Crippen LogP contribution in [-0.4, -0.2) is 24.3 Å². The minimum Gasteiger partial charge on any atom is -0.348 e. The normalized spacial score (nSPS) is 29.3. The molecule has 0 saturated carbocycles. The first-order valence-corrected chi connectivity index (χ1v) is 8.11. The Labute approximate surface area is 133 Å². The average molecular weight is 305 g/mol. The summed E-state index contributed by atoms with van der Waals surface area (Å²) in [5.41, 5.74) is 1.10. The van der Waals surface area contributed by atoms with Crippen LogP contribution in [0.15, 0.2) is 30.3 Å². The summed E-state index contributed by atoms with van der Waals surface area (Å²) < 4.78 is 12.1. The molecule has 4 heteroatoms. The molecule has 122 valence electrons. The van der Waals surface area contributed by atoms with E-state index in [4.69, 9.17) is 9.47 Å². The Morgan fingerprint density at radius 2 is 2.05 bits per heavy atom. The van der Waals surface area contributed by atoms with E-state index >= 15 is 0 Å². The summed E-state index contributed by atoms with van der Waals surface area (Å²) >= 11 is 0. The molecule has 1 amide bonds. The lowest BCUT2D eigenvalue weighted by molar-refractivity contribution is -0.159. The van der Waals surface area contributed by atoms with Gasteiger partial charge < -0.3 is 14.8 Å². The van der Waals surface area contributed by atoms with Crippen LogP contribution in [0.1, 0.15) is 39.7 Å². The summed E-state index contributed by atoms with van der Waals surface area (Å²) in [7, 11) is 0. The molecule has 0 bridgehead atoms. The zero-order valence-corrected chi connectivity index (χ0v) is 13.9. The molecule has 1 unspecified atom stereocenters. The van der Waals surface area contributed by atoms with Gasteiger partial charge in [-0.15, -0.1) is 0 Å². The van der Waals surface area contributed by atoms with Gasteiger partial charge in [-0.05, 0) is 11.5 Å². The van der Waals surface area contributed by atoms with Crippen LogP contribution in [0.4, 0.5) is 0 Å². The molecule has 1 aromatic carbocycles. The molecule has 0 aromatic heterocycles. The zero-order valence-electron chi connectivity index (χ0n) is 13.9. The first-order valence-electron chi connectivity index (χ1n) is 8.11. The largest absolute Gasteiger partial charge is 0.348 e. The molecule has 1 heterocycles. The second-order valence-electron chi connectivity index (χ2n) is 6.24. The number of carbonyl (C=O) groups is 1. The molecule has 1 aromatic rings. The first-order chi connectivity index (χ1) is 10.5. The highest BCUT2D eigenvalue weighted by Gasteiger charge is 2.44. The zero-order chi connectivity index (χ0) is 16.1. The van der Waals surface area contributed by atoms with Crippen molar-refractivity contribution in [2.45, 2.75) is 59.2 Å². The third kappa shape index (κ3) is 4.08. The quantitative estimate of drug-likeness (QED) is 0.878. The average Bonchev–Trinajstić information content (AvgIpc) is 2.82. The highest BCUT2D eigenvalue weighted by atomic mass is 16.7. The molecule has 0 aliphatic carbocycles. The molecule has 0 spiro atoms. The molecular weight excluding hydrogens is 278 g/mol. The smallest absolute Gasteiger partial charge is 0.217 e. The fourth-order valence-electron chi connectivity index (χ4n) is 3.03. The molecular formula is C18H27NO3. The number of hydrogen-bond acceptors (Lipinski definition) is 3. The van der Waals surface area contributed by atoms with Crippen molar-refractivity contribution < 1.29 is 14.3 Å². The van der Waals surface area contributed by atoms with E-state index in [2.05, 4.69) is 26.1 Å². The standard InChI is InChI=1S/C18H27NO3/c1-5-12(2)17-13(3)16(19-14(4)20)18(22-17)21-11-15-9-7-6-8-10-15/h6-10,12-13,16-18H,5,11H2,1-4H3,(H,19,20)/t12-,13-,16?,17+,18-/m0/s1. The lowest BCUT2D eigenvalue weighted by Gasteiger charge is -2.23. The van der Waals surface area contributed by atoms with Gasteiger partial charge in [0, 0.05) is 12.8 Å². The highest BCUT2D eigenvalue weighted by Crippen LogP contribution is 2.33. The third-order valence-electron chi connectivity index (χ3n) is 4.50. The van der Waals surface area contributed by atoms with Gasteiger partial charge >= 0.3 is 0 Å². The van der Waals surface area contributed by atoms with Crippen molar-refractivity contribution in [3.8, 4) is 0 Å². The van der Waals surface area contributed by atoms with Gasteiger partial charge in [0.25, 0.3) is 0 Å². The van der Waals surface area contributed by atoms with E-state index in [0.717, 1.165) is 12.0 Å². The lowest BCUT2D eigenvalue weighted by Crippen LogP contribution is -2.44. The maximum atomic E-state index is 11.5. The minimum absolute atomic E-state index is 0.0430. The number of rotatable bonds is 6. The fraction of sp³-hybridized carbons (Fsp3) is 0.611. The number of nitrogens with one attached hydrogen (secondary N) is 1. The van der Waals surface area contributed by atoms with Crippen LogP contribution in [-0.2, 0) is 20.9 Å². The Morgan fingerprint density at radius 1 is 1.36 bits per heavy atom. The Morgan fingerprint density at radius 3 is 2.64 bits per heavy atom. The van der Waals surface area contributed by atoms with Gasteiger partial charge in [-0.3, -0.25) is 4.79 Å². The molecule has 22 heavy (non-hydrogen) atoms. The van der Waals surface area contributed by atoms with Crippen molar-refractivity contribution in [2.24, 2.45) is 11.8 Å². The van der Waals surface area contributed by atoms with Gasteiger partial charge in [0.15, 0.2) is 6.29 Å². The van der Waals surface area contributed by atoms with Crippen LogP contribution in [0.25, 0.3) is 0 Å². The Hall–Kier alpha value is -1.39. The van der Waals surface area contributed by atoms with E-state index in [0.29, 0.717) is 12.5 Å². The SMILES string of the molecule is CC[C@H](C)[C@H]1O[C@H](OCc2ccccc2)C(NC(C)=O)[C@@H]1C. The maximum absolute atomic E-state index is 11.5. The third-order valence-corrected chi connectivity index (χ3v) is 4.50. The Balaban J connectivity index is 2.04. The molecule has 1 saturated heterocycles. The van der Waals surface area contributed by atoms with Crippen molar-refractivity contribution >= 4 is 5.91 Å². The van der Waals surface area contributed by atoms with E-state index < -0.39 is 6.29 Å². The number of ether oxygens (including phenoxy) is 2. The molecule has 1 aliphatic heterocycles. The predicted molar refractivity (Wildman–Crippen MR) is 86.1 cm³/mol. The number of benzene rings is 1. The molecule has 4 nitrogen and oxygen atoms in total. The number of hydrogen-bond donors (Lipinski definition) is 1. The summed E-state index contributed by atoms with van der Waals surface area (Å²) in [5.74, 6) is 0.634. The van der Waals surface area contributed by atoms with Gasteiger partial charge in [0.2, 0.25) is 5.91 Å². The monoisotopic (exact) mass is 305 g/mol. The Kier molecular flexibility index (Phi) is 5.98. The molecule has 5 atom stereocenters. The van der Waals surface area contributed by atoms with Crippen molar-refractivity contribution in [2.75, 3.05) is 0 Å². The molecule has 1 fully saturated rings. The van der Waals surface area contributed by atoms with Crippen LogP contribution < -0.4 is 5.32 Å². The predicted octanol–water partition coefficient (Wildman–Crippen LogP) is 3.12. The lowest BCUT2D eigenvalue weighted by atomic mass is 9.89. The van der Waals surface area contributed by atoms with Crippen LogP contribution in [0.3, 0.4) is 0 Å². The van der Waals surface area contributed by atoms with Gasteiger partial charge in [-0.25, -0.2) is 0 Å². The first kappa shape index (κ1) is 17.0. The van der Waals surface area contributed by atoms with E-state index in [1.807, 2.05) is 30.3 Å². The van der Waals surface area contributed by atoms with Crippen LogP contribution >= 0.6 is 0 Å². The topological polar surface area (TPSA) is 47.6 Å². The van der Waals surface area contributed by atoms with Gasteiger partial charge in [-0.1, -0.05) is 57.5 Å². The van der Waals surface area contributed by atoms with Gasteiger partial charge in [-0.2, -0.15) is 0 Å². The molecule has 1 aliphatic rings. The van der Waals surface area contributed by atoms with E-state index in [9.17, 15) is 4.79 Å². The van der Waals surface area contributed by atoms with Crippen molar-refractivity contribution in [3.05, 3.63) is 35.9 Å². The summed E-state index contributed by atoms with van der Waals surface area (Å²) in [6.07, 6.45) is 0.772. The maximum Gasteiger partial charge on any atom is 0.217 e. The van der Waals surface area contributed by atoms with Crippen molar-refractivity contribution in [3.63, 3.8) is 0 Å². The molecule has 0 radical (unpaired) electrons. The summed E-state index contributed by atoms with van der Waals surface area (Å²) in [6, 6.07) is 9.92. The van der Waals surface area contributed by atoms with E-state index in [-0.39, 0.29) is 24.0 Å². The second-order valence-corrected chi connectivity index (χ2v) is 6.24. The molecule has 1 N–H and O–H groups in total. The van der Waals surface area contributed by atoms with Crippen molar-refractivity contribution in [1.82, 2.24) is 5.32 Å². The number of carbonyl (C=O) groups excluding carboxylic acids is 1. The summed E-state index contributed by atoms with van der Waals surface area (Å²) in [4.78, 5) is 11.5. The van der Waals surface area contributed by atoms with Crippen LogP contribution in [0.5, 0.6) is 0 Å². The second kappa shape index (κ2) is 7.75. The fourth-order valence-corrected chi connectivity index (χ4v) is 3.03. The van der Waals surface area contributed by atoms with E-state index in [1.54, 1.807) is 0 Å². The highest BCUT2D eigenvalue weighted by molar-refractivity contribution is 5.73. The molecule has 2 rings (SSSR count). The number of amides is 1. The van der Waals surface area contributed by atoms with Crippen molar-refractivity contribution in [1.29, 1.82) is 0 Å². The van der Waals surface area contributed by atoms with Gasteiger partial charge in [0.05, 0.1) is 18.8 Å². The summed E-state index contributed by atoms with van der Waals surface area (Å²) in [5, 5.41) is 3.00. The van der Waals surface area contributed by atoms with Crippen LogP contribution in [0, 0.1) is 11.8 Å². The Bertz CT molecular complexity index is 476. The minimum atomic E-state index is -0.391.